The summed E-state index contributed by atoms with van der Waals surface area (Å²) in [5.41, 5.74) is 2.75. The van der Waals surface area contributed by atoms with Crippen molar-refractivity contribution in [1.29, 1.82) is 0 Å². The molecule has 0 spiro atoms. The molecule has 128 valence electrons. The number of halogens is 2. The molecule has 7 heteroatoms. The van der Waals surface area contributed by atoms with E-state index >= 15 is 0 Å². The van der Waals surface area contributed by atoms with Crippen molar-refractivity contribution in [2.75, 3.05) is 5.32 Å². The van der Waals surface area contributed by atoms with Crippen molar-refractivity contribution in [3.8, 4) is 0 Å². The molecular formula is C18H15BrClN3OS. The first-order chi connectivity index (χ1) is 12.0. The Kier molecular flexibility index (Phi) is 5.42. The molecular weight excluding hydrogens is 422 g/mol. The molecule has 0 saturated heterocycles. The van der Waals surface area contributed by atoms with Gasteiger partial charge in [-0.1, -0.05) is 57.9 Å². The van der Waals surface area contributed by atoms with Gasteiger partial charge in [-0.25, -0.2) is 0 Å². The normalized spacial score (nSPS) is 16.9. The minimum Gasteiger partial charge on any atom is -0.351 e. The number of rotatable bonds is 3. The van der Waals surface area contributed by atoms with Crippen LogP contribution in [0.5, 0.6) is 0 Å². The molecule has 3 N–H and O–H groups in total. The number of nitrogens with one attached hydrogen (secondary N) is 3. The van der Waals surface area contributed by atoms with Gasteiger partial charge in [0.25, 0.3) is 5.91 Å². The molecule has 2 aromatic carbocycles. The molecule has 1 heterocycles. The molecule has 1 atom stereocenters. The van der Waals surface area contributed by atoms with E-state index in [0.29, 0.717) is 27.1 Å². The Morgan fingerprint density at radius 3 is 2.60 bits per heavy atom. The third-order valence-corrected chi connectivity index (χ3v) is 5.12. The third-order valence-electron chi connectivity index (χ3n) is 3.85. The lowest BCUT2D eigenvalue weighted by Gasteiger charge is -2.31. The predicted molar refractivity (Wildman–Crippen MR) is 109 cm³/mol. The fourth-order valence-corrected chi connectivity index (χ4v) is 3.66. The van der Waals surface area contributed by atoms with Gasteiger partial charge in [0.15, 0.2) is 5.11 Å². The summed E-state index contributed by atoms with van der Waals surface area (Å²) in [4.78, 5) is 13.0. The fourth-order valence-electron chi connectivity index (χ4n) is 2.69. The summed E-state index contributed by atoms with van der Waals surface area (Å²) >= 11 is 15.0. The maximum absolute atomic E-state index is 13.0. The molecule has 1 unspecified atom stereocenters. The molecule has 0 fully saturated rings. The number of anilines is 1. The molecule has 4 nitrogen and oxygen atoms in total. The highest BCUT2D eigenvalue weighted by Crippen LogP contribution is 2.32. The predicted octanol–water partition coefficient (Wildman–Crippen LogP) is 4.53. The topological polar surface area (TPSA) is 53.2 Å². The van der Waals surface area contributed by atoms with Crippen LogP contribution in [0.2, 0.25) is 5.02 Å². The first-order valence-corrected chi connectivity index (χ1v) is 9.14. The summed E-state index contributed by atoms with van der Waals surface area (Å²) in [6.07, 6.45) is 0. The van der Waals surface area contributed by atoms with Gasteiger partial charge in [-0.2, -0.15) is 0 Å². The standard InChI is InChI=1S/C18H15BrClN3OS/c1-10-15(17(24)22-14-9-5-4-8-13(14)20)16(23-18(25)21-10)11-6-2-3-7-12(11)19/h2-9,16H,1H3,(H,22,24)(H2,21,23,25). The molecule has 25 heavy (non-hydrogen) atoms. The Morgan fingerprint density at radius 1 is 1.20 bits per heavy atom. The van der Waals surface area contributed by atoms with E-state index < -0.39 is 0 Å². The molecule has 2 aromatic rings. The van der Waals surface area contributed by atoms with Crippen molar-refractivity contribution in [1.82, 2.24) is 10.6 Å². The van der Waals surface area contributed by atoms with Crippen LogP contribution in [-0.4, -0.2) is 11.0 Å². The van der Waals surface area contributed by atoms with Gasteiger partial charge < -0.3 is 16.0 Å². The summed E-state index contributed by atoms with van der Waals surface area (Å²) in [5.74, 6) is -0.242. The second-order valence-corrected chi connectivity index (χ2v) is 7.20. The van der Waals surface area contributed by atoms with Crippen LogP contribution in [-0.2, 0) is 4.79 Å². The number of carbonyl (C=O) groups excluding carboxylic acids is 1. The largest absolute Gasteiger partial charge is 0.351 e. The molecule has 0 aromatic heterocycles. The maximum Gasteiger partial charge on any atom is 0.255 e. The number of para-hydroxylation sites is 1. The smallest absolute Gasteiger partial charge is 0.255 e. The molecule has 0 saturated carbocycles. The van der Waals surface area contributed by atoms with Gasteiger partial charge in [0, 0.05) is 10.2 Å². The summed E-state index contributed by atoms with van der Waals surface area (Å²) in [6, 6.07) is 14.5. The second kappa shape index (κ2) is 7.56. The lowest BCUT2D eigenvalue weighted by atomic mass is 9.95. The van der Waals surface area contributed by atoms with Crippen LogP contribution >= 0.6 is 39.7 Å². The number of benzene rings is 2. The zero-order chi connectivity index (χ0) is 18.0. The van der Waals surface area contributed by atoms with Crippen molar-refractivity contribution in [2.45, 2.75) is 13.0 Å². The zero-order valence-electron chi connectivity index (χ0n) is 13.3. The molecule has 1 amide bonds. The van der Waals surface area contributed by atoms with Gasteiger partial charge >= 0.3 is 0 Å². The number of allylic oxidation sites excluding steroid dienone is 1. The Morgan fingerprint density at radius 2 is 1.88 bits per heavy atom. The highest BCUT2D eigenvalue weighted by molar-refractivity contribution is 9.10. The lowest BCUT2D eigenvalue weighted by molar-refractivity contribution is -0.113. The van der Waals surface area contributed by atoms with Crippen LogP contribution in [0, 0.1) is 0 Å². The number of carbonyl (C=O) groups is 1. The Bertz CT molecular complexity index is 884. The molecule has 0 aliphatic carbocycles. The van der Waals surface area contributed by atoms with E-state index in [4.69, 9.17) is 23.8 Å². The van der Waals surface area contributed by atoms with Crippen LogP contribution in [0.15, 0.2) is 64.3 Å². The second-order valence-electron chi connectivity index (χ2n) is 5.53. The maximum atomic E-state index is 13.0. The van der Waals surface area contributed by atoms with Crippen molar-refractivity contribution in [3.05, 3.63) is 74.9 Å². The highest BCUT2D eigenvalue weighted by atomic mass is 79.9. The van der Waals surface area contributed by atoms with E-state index in [1.807, 2.05) is 43.3 Å². The van der Waals surface area contributed by atoms with E-state index in [-0.39, 0.29) is 11.9 Å². The highest BCUT2D eigenvalue weighted by Gasteiger charge is 2.31. The summed E-state index contributed by atoms with van der Waals surface area (Å²) in [7, 11) is 0. The minimum atomic E-state index is -0.369. The first-order valence-electron chi connectivity index (χ1n) is 7.56. The Labute approximate surface area is 164 Å². The number of hydrogen-bond donors (Lipinski definition) is 3. The van der Waals surface area contributed by atoms with Gasteiger partial charge in [-0.05, 0) is 42.9 Å². The Balaban J connectivity index is 1.99. The molecule has 0 radical (unpaired) electrons. The van der Waals surface area contributed by atoms with Crippen LogP contribution < -0.4 is 16.0 Å². The minimum absolute atomic E-state index is 0.242. The quantitative estimate of drug-likeness (QED) is 0.619. The van der Waals surface area contributed by atoms with Gasteiger partial charge in [-0.3, -0.25) is 4.79 Å². The van der Waals surface area contributed by atoms with Gasteiger partial charge in [0.2, 0.25) is 0 Å². The molecule has 3 rings (SSSR count). The third kappa shape index (κ3) is 3.86. The van der Waals surface area contributed by atoms with Crippen LogP contribution in [0.4, 0.5) is 5.69 Å². The average molecular weight is 437 g/mol. The van der Waals surface area contributed by atoms with Crippen molar-refractivity contribution in [2.24, 2.45) is 0 Å². The van der Waals surface area contributed by atoms with E-state index in [2.05, 4.69) is 31.9 Å². The van der Waals surface area contributed by atoms with Gasteiger partial charge in [0.1, 0.15) is 0 Å². The zero-order valence-corrected chi connectivity index (χ0v) is 16.4. The monoisotopic (exact) mass is 435 g/mol. The van der Waals surface area contributed by atoms with Crippen molar-refractivity contribution in [3.63, 3.8) is 0 Å². The van der Waals surface area contributed by atoms with E-state index in [1.54, 1.807) is 12.1 Å². The van der Waals surface area contributed by atoms with E-state index in [0.717, 1.165) is 10.0 Å². The summed E-state index contributed by atoms with van der Waals surface area (Å²) < 4.78 is 0.896. The van der Waals surface area contributed by atoms with E-state index in [1.165, 1.54) is 0 Å². The molecule has 1 aliphatic rings. The number of amides is 1. The molecule has 0 bridgehead atoms. The fraction of sp³-hybridized carbons (Fsp3) is 0.111. The number of thiocarbonyl (C=S) groups is 1. The summed E-state index contributed by atoms with van der Waals surface area (Å²) in [6.45, 7) is 1.83. The van der Waals surface area contributed by atoms with Gasteiger partial charge in [0.05, 0.1) is 22.3 Å². The van der Waals surface area contributed by atoms with Crippen molar-refractivity contribution < 1.29 is 4.79 Å². The lowest BCUT2D eigenvalue weighted by Crippen LogP contribution is -2.45. The average Bonchev–Trinajstić information content (AvgIpc) is 2.56. The van der Waals surface area contributed by atoms with Crippen molar-refractivity contribution >= 4 is 56.5 Å². The Hall–Kier alpha value is -1.89. The SMILES string of the molecule is CC1=C(C(=O)Nc2ccccc2Cl)C(c2ccccc2Br)NC(=S)N1. The van der Waals surface area contributed by atoms with Crippen LogP contribution in [0.3, 0.4) is 0 Å². The molecule has 1 aliphatic heterocycles. The first kappa shape index (κ1) is 17.9. The van der Waals surface area contributed by atoms with E-state index in [9.17, 15) is 4.79 Å². The van der Waals surface area contributed by atoms with Gasteiger partial charge in [-0.15, -0.1) is 0 Å². The van der Waals surface area contributed by atoms with Crippen LogP contribution in [0.1, 0.15) is 18.5 Å². The number of hydrogen-bond acceptors (Lipinski definition) is 2. The van der Waals surface area contributed by atoms with Crippen LogP contribution in [0.25, 0.3) is 0 Å². The summed E-state index contributed by atoms with van der Waals surface area (Å²) in [5, 5.41) is 10.0.